The lowest BCUT2D eigenvalue weighted by atomic mass is 10.0. The summed E-state index contributed by atoms with van der Waals surface area (Å²) in [5.74, 6) is 0. The Balaban J connectivity index is 2.52. The summed E-state index contributed by atoms with van der Waals surface area (Å²) in [6.45, 7) is 3.38. The molecule has 0 aliphatic carbocycles. The lowest BCUT2D eigenvalue weighted by Crippen LogP contribution is -1.94. The van der Waals surface area contributed by atoms with Gasteiger partial charge < -0.3 is 0 Å². The summed E-state index contributed by atoms with van der Waals surface area (Å²) >= 11 is 0. The summed E-state index contributed by atoms with van der Waals surface area (Å²) in [5, 5.41) is 2.00. The van der Waals surface area contributed by atoms with Gasteiger partial charge in [0.05, 0.1) is 0 Å². The largest absolute Gasteiger partial charge is 0.263 e. The van der Waals surface area contributed by atoms with Crippen molar-refractivity contribution in [3.63, 3.8) is 0 Å². The number of fused-ring (bicyclic) bond motifs is 1. The predicted molar refractivity (Wildman–Crippen MR) is 59.0 cm³/mol. The molecule has 0 saturated carbocycles. The Labute approximate surface area is 86.8 Å². The molecule has 2 heteroatoms. The highest BCUT2D eigenvalue weighted by Crippen LogP contribution is 2.23. The molecule has 0 aliphatic heterocycles. The average molecular weight is 204 g/mol. The van der Waals surface area contributed by atoms with Gasteiger partial charge in [-0.2, -0.15) is 0 Å². The third-order valence-electron chi connectivity index (χ3n) is 2.38. The number of halogens is 2. The van der Waals surface area contributed by atoms with Gasteiger partial charge >= 0.3 is 0 Å². The zero-order valence-electron chi connectivity index (χ0n) is 8.08. The van der Waals surface area contributed by atoms with Gasteiger partial charge in [-0.15, -0.1) is 0 Å². The number of hydrogen-bond donors (Lipinski definition) is 0. The van der Waals surface area contributed by atoms with E-state index >= 15 is 0 Å². The maximum absolute atomic E-state index is 12.4. The van der Waals surface area contributed by atoms with Crippen LogP contribution < -0.4 is 0 Å². The van der Waals surface area contributed by atoms with Crippen molar-refractivity contribution >= 4 is 16.3 Å². The van der Waals surface area contributed by atoms with Gasteiger partial charge in [0, 0.05) is 5.57 Å². The SMILES string of the molecule is C=C(c1ccc2ccccc2c1)C(F)F. The summed E-state index contributed by atoms with van der Waals surface area (Å²) in [6.07, 6.45) is -2.49. The van der Waals surface area contributed by atoms with E-state index in [1.165, 1.54) is 0 Å². The highest BCUT2D eigenvalue weighted by Gasteiger charge is 2.10. The Morgan fingerprint density at radius 2 is 1.67 bits per heavy atom. The van der Waals surface area contributed by atoms with E-state index in [1.54, 1.807) is 12.1 Å². The van der Waals surface area contributed by atoms with Crippen molar-refractivity contribution in [2.75, 3.05) is 0 Å². The van der Waals surface area contributed by atoms with Crippen molar-refractivity contribution in [1.29, 1.82) is 0 Å². The Bertz CT molecular complexity index is 501. The monoisotopic (exact) mass is 204 g/mol. The quantitative estimate of drug-likeness (QED) is 0.690. The van der Waals surface area contributed by atoms with Gasteiger partial charge in [-0.05, 0) is 22.4 Å². The lowest BCUT2D eigenvalue weighted by molar-refractivity contribution is 0.215. The van der Waals surface area contributed by atoms with Crippen molar-refractivity contribution in [2.45, 2.75) is 6.43 Å². The molecule has 0 aromatic heterocycles. The Kier molecular flexibility index (Phi) is 2.50. The van der Waals surface area contributed by atoms with Crippen LogP contribution in [0.3, 0.4) is 0 Å². The van der Waals surface area contributed by atoms with E-state index in [0.29, 0.717) is 5.56 Å². The summed E-state index contributed by atoms with van der Waals surface area (Å²) in [5.41, 5.74) is 0.379. The number of alkyl halides is 2. The van der Waals surface area contributed by atoms with Crippen LogP contribution in [-0.2, 0) is 0 Å². The fraction of sp³-hybridized carbons (Fsp3) is 0.0769. The summed E-state index contributed by atoms with van der Waals surface area (Å²) in [4.78, 5) is 0. The number of allylic oxidation sites excluding steroid dienone is 1. The first-order valence-electron chi connectivity index (χ1n) is 4.64. The van der Waals surface area contributed by atoms with Crippen molar-refractivity contribution < 1.29 is 8.78 Å². The first-order chi connectivity index (χ1) is 7.18. The molecule has 0 nitrogen and oxygen atoms in total. The van der Waals surface area contributed by atoms with Crippen LogP contribution in [0.25, 0.3) is 16.3 Å². The van der Waals surface area contributed by atoms with Crippen LogP contribution >= 0.6 is 0 Å². The highest BCUT2D eigenvalue weighted by molar-refractivity contribution is 5.86. The molecule has 0 heterocycles. The van der Waals surface area contributed by atoms with Gasteiger partial charge in [-0.3, -0.25) is 0 Å². The van der Waals surface area contributed by atoms with Gasteiger partial charge in [0.15, 0.2) is 0 Å². The molecule has 0 unspecified atom stereocenters. The Morgan fingerprint density at radius 3 is 2.33 bits per heavy atom. The summed E-state index contributed by atoms with van der Waals surface area (Å²) in [7, 11) is 0. The molecule has 0 spiro atoms. The molecule has 2 aromatic rings. The van der Waals surface area contributed by atoms with Crippen molar-refractivity contribution in [1.82, 2.24) is 0 Å². The predicted octanol–water partition coefficient (Wildman–Crippen LogP) is 4.12. The molecule has 0 N–H and O–H groups in total. The molecule has 0 radical (unpaired) electrons. The maximum atomic E-state index is 12.4. The van der Waals surface area contributed by atoms with Crippen LogP contribution in [0.2, 0.25) is 0 Å². The molecule has 2 rings (SSSR count). The van der Waals surface area contributed by atoms with Gasteiger partial charge in [-0.1, -0.05) is 43.0 Å². The summed E-state index contributed by atoms with van der Waals surface area (Å²) in [6, 6.07) is 12.9. The molecule has 0 amide bonds. The van der Waals surface area contributed by atoms with Gasteiger partial charge in [0.2, 0.25) is 0 Å². The van der Waals surface area contributed by atoms with Crippen molar-refractivity contribution in [3.05, 3.63) is 54.6 Å². The zero-order valence-corrected chi connectivity index (χ0v) is 8.08. The second-order valence-electron chi connectivity index (χ2n) is 3.39. The van der Waals surface area contributed by atoms with E-state index in [-0.39, 0.29) is 5.57 Å². The maximum Gasteiger partial charge on any atom is 0.263 e. The Morgan fingerprint density at radius 1 is 1.00 bits per heavy atom. The minimum Gasteiger partial charge on any atom is -0.205 e. The average Bonchev–Trinajstić information content (AvgIpc) is 2.27. The minimum atomic E-state index is -2.49. The number of rotatable bonds is 2. The molecule has 0 atom stereocenters. The molecular formula is C13H10F2. The van der Waals surface area contributed by atoms with Gasteiger partial charge in [0.1, 0.15) is 0 Å². The van der Waals surface area contributed by atoms with E-state index < -0.39 is 6.43 Å². The van der Waals surface area contributed by atoms with E-state index in [9.17, 15) is 8.78 Å². The van der Waals surface area contributed by atoms with E-state index in [1.807, 2.05) is 30.3 Å². The van der Waals surface area contributed by atoms with Gasteiger partial charge in [-0.25, -0.2) is 8.78 Å². The fourth-order valence-electron chi connectivity index (χ4n) is 1.52. The first-order valence-corrected chi connectivity index (χ1v) is 4.64. The van der Waals surface area contributed by atoms with Crippen LogP contribution in [0, 0.1) is 0 Å². The normalized spacial score (nSPS) is 10.9. The second kappa shape index (κ2) is 3.81. The van der Waals surface area contributed by atoms with Crippen LogP contribution in [0.1, 0.15) is 5.56 Å². The first kappa shape index (κ1) is 9.84. The van der Waals surface area contributed by atoms with E-state index in [2.05, 4.69) is 6.58 Å². The van der Waals surface area contributed by atoms with Gasteiger partial charge in [0.25, 0.3) is 6.43 Å². The molecular weight excluding hydrogens is 194 g/mol. The third kappa shape index (κ3) is 1.89. The number of hydrogen-bond acceptors (Lipinski definition) is 0. The van der Waals surface area contributed by atoms with Crippen LogP contribution in [-0.4, -0.2) is 6.43 Å². The highest BCUT2D eigenvalue weighted by atomic mass is 19.3. The van der Waals surface area contributed by atoms with Crippen LogP contribution in [0.15, 0.2) is 49.0 Å². The number of benzene rings is 2. The zero-order chi connectivity index (χ0) is 10.8. The second-order valence-corrected chi connectivity index (χ2v) is 3.39. The van der Waals surface area contributed by atoms with Crippen LogP contribution in [0.5, 0.6) is 0 Å². The van der Waals surface area contributed by atoms with E-state index in [0.717, 1.165) is 10.8 Å². The fourth-order valence-corrected chi connectivity index (χ4v) is 1.52. The standard InChI is InChI=1S/C13H10F2/c1-9(13(14)15)11-7-6-10-4-2-3-5-12(10)8-11/h2-8,13H,1H2. The molecule has 76 valence electrons. The summed E-state index contributed by atoms with van der Waals surface area (Å²) < 4.78 is 24.8. The molecule has 0 saturated heterocycles. The molecule has 0 fully saturated rings. The molecule has 0 bridgehead atoms. The third-order valence-corrected chi connectivity index (χ3v) is 2.38. The topological polar surface area (TPSA) is 0 Å². The van der Waals surface area contributed by atoms with Crippen molar-refractivity contribution in [3.8, 4) is 0 Å². The van der Waals surface area contributed by atoms with E-state index in [4.69, 9.17) is 0 Å². The smallest absolute Gasteiger partial charge is 0.205 e. The lowest BCUT2D eigenvalue weighted by Gasteiger charge is -2.05. The molecule has 15 heavy (non-hydrogen) atoms. The van der Waals surface area contributed by atoms with Crippen LogP contribution in [0.4, 0.5) is 8.78 Å². The van der Waals surface area contributed by atoms with Crippen molar-refractivity contribution in [2.24, 2.45) is 0 Å². The minimum absolute atomic E-state index is 0.124. The Hall–Kier alpha value is -1.70. The molecule has 0 aliphatic rings. The molecule has 2 aromatic carbocycles.